The van der Waals surface area contributed by atoms with Crippen LogP contribution in [0.3, 0.4) is 0 Å². The van der Waals surface area contributed by atoms with Gasteiger partial charge >= 0.3 is 0 Å². The molecule has 1 aromatic carbocycles. The van der Waals surface area contributed by atoms with Crippen molar-refractivity contribution in [1.29, 1.82) is 0 Å². The van der Waals surface area contributed by atoms with Crippen LogP contribution in [-0.2, 0) is 0 Å². The van der Waals surface area contributed by atoms with Crippen LogP contribution in [0.4, 0.5) is 5.82 Å². The van der Waals surface area contributed by atoms with E-state index in [1.807, 2.05) is 32.3 Å². The monoisotopic (exact) mass is 215 g/mol. The van der Waals surface area contributed by atoms with Crippen molar-refractivity contribution in [3.8, 4) is 0 Å². The minimum absolute atomic E-state index is 0.272. The maximum Gasteiger partial charge on any atom is 0.130 e. The minimum atomic E-state index is 0.272. The van der Waals surface area contributed by atoms with Gasteiger partial charge in [0.1, 0.15) is 5.82 Å². The van der Waals surface area contributed by atoms with Gasteiger partial charge in [-0.1, -0.05) is 18.2 Å². The van der Waals surface area contributed by atoms with Crippen LogP contribution in [-0.4, -0.2) is 25.2 Å². The first-order chi connectivity index (χ1) is 7.72. The van der Waals surface area contributed by atoms with Crippen molar-refractivity contribution in [1.82, 2.24) is 10.3 Å². The summed E-state index contributed by atoms with van der Waals surface area (Å²) in [7, 11) is 3.99. The van der Waals surface area contributed by atoms with E-state index in [-0.39, 0.29) is 6.17 Å². The summed E-state index contributed by atoms with van der Waals surface area (Å²) in [5.41, 5.74) is 1.04. The van der Waals surface area contributed by atoms with Crippen LogP contribution in [0.15, 0.2) is 36.4 Å². The number of rotatable bonds is 3. The summed E-state index contributed by atoms with van der Waals surface area (Å²) in [6.07, 6.45) is 0.272. The second kappa shape index (κ2) is 4.49. The van der Waals surface area contributed by atoms with Crippen LogP contribution in [0.25, 0.3) is 10.9 Å². The van der Waals surface area contributed by atoms with Crippen molar-refractivity contribution in [3.63, 3.8) is 0 Å². The summed E-state index contributed by atoms with van der Waals surface area (Å²) in [4.78, 5) is 6.75. The number of benzene rings is 1. The molecule has 0 aliphatic rings. The molecule has 3 heteroatoms. The lowest BCUT2D eigenvalue weighted by Crippen LogP contribution is -2.39. The van der Waals surface area contributed by atoms with Crippen LogP contribution in [0.2, 0.25) is 0 Å². The lowest BCUT2D eigenvalue weighted by atomic mass is 10.2. The SMILES string of the molecule is CNC(C)N(C)c1ccc2ccccc2n1. The Labute approximate surface area is 96.1 Å². The smallest absolute Gasteiger partial charge is 0.130 e. The summed E-state index contributed by atoms with van der Waals surface area (Å²) in [6, 6.07) is 12.3. The normalized spacial score (nSPS) is 12.7. The van der Waals surface area contributed by atoms with E-state index < -0.39 is 0 Å². The zero-order valence-corrected chi connectivity index (χ0v) is 9.94. The molecule has 1 N–H and O–H groups in total. The van der Waals surface area contributed by atoms with Crippen molar-refractivity contribution in [2.45, 2.75) is 13.1 Å². The molecule has 0 bridgehead atoms. The number of anilines is 1. The highest BCUT2D eigenvalue weighted by Gasteiger charge is 2.08. The Balaban J connectivity index is 2.39. The number of pyridine rings is 1. The summed E-state index contributed by atoms with van der Waals surface area (Å²) in [5, 5.41) is 4.37. The highest BCUT2D eigenvalue weighted by atomic mass is 15.3. The highest BCUT2D eigenvalue weighted by molar-refractivity contribution is 5.80. The fraction of sp³-hybridized carbons (Fsp3) is 0.308. The number of fused-ring (bicyclic) bond motifs is 1. The van der Waals surface area contributed by atoms with Gasteiger partial charge in [-0.2, -0.15) is 0 Å². The molecule has 0 saturated carbocycles. The second-order valence-corrected chi connectivity index (χ2v) is 3.94. The molecule has 2 rings (SSSR count). The number of para-hydroxylation sites is 1. The van der Waals surface area contributed by atoms with Gasteiger partial charge in [0.05, 0.1) is 11.7 Å². The average molecular weight is 215 g/mol. The summed E-state index contributed by atoms with van der Waals surface area (Å²) >= 11 is 0. The topological polar surface area (TPSA) is 28.2 Å². The fourth-order valence-corrected chi connectivity index (χ4v) is 1.64. The number of nitrogens with one attached hydrogen (secondary N) is 1. The third-order valence-electron chi connectivity index (χ3n) is 2.94. The van der Waals surface area contributed by atoms with Gasteiger partial charge in [0.2, 0.25) is 0 Å². The molecule has 1 aromatic heterocycles. The number of nitrogens with zero attached hydrogens (tertiary/aromatic N) is 2. The van der Waals surface area contributed by atoms with E-state index in [1.165, 1.54) is 5.39 Å². The molecule has 0 amide bonds. The molecule has 0 spiro atoms. The van der Waals surface area contributed by atoms with Crippen LogP contribution in [0.5, 0.6) is 0 Å². The molecule has 0 radical (unpaired) electrons. The molecule has 0 aliphatic heterocycles. The molecule has 84 valence electrons. The Kier molecular flexibility index (Phi) is 3.06. The zero-order chi connectivity index (χ0) is 11.5. The van der Waals surface area contributed by atoms with Crippen molar-refractivity contribution in [2.75, 3.05) is 19.0 Å². The van der Waals surface area contributed by atoms with Crippen molar-refractivity contribution in [3.05, 3.63) is 36.4 Å². The molecule has 3 nitrogen and oxygen atoms in total. The molecular weight excluding hydrogens is 198 g/mol. The van der Waals surface area contributed by atoms with E-state index in [1.54, 1.807) is 0 Å². The number of hydrogen-bond acceptors (Lipinski definition) is 3. The van der Waals surface area contributed by atoms with Gasteiger partial charge in [-0.15, -0.1) is 0 Å². The van der Waals surface area contributed by atoms with Gasteiger partial charge in [-0.05, 0) is 32.2 Å². The zero-order valence-electron chi connectivity index (χ0n) is 9.94. The lowest BCUT2D eigenvalue weighted by Gasteiger charge is -2.25. The Bertz CT molecular complexity index is 481. The van der Waals surface area contributed by atoms with Crippen molar-refractivity contribution >= 4 is 16.7 Å². The third-order valence-corrected chi connectivity index (χ3v) is 2.94. The summed E-state index contributed by atoms with van der Waals surface area (Å²) < 4.78 is 0. The molecule has 0 fully saturated rings. The van der Waals surface area contributed by atoms with Gasteiger partial charge in [0.15, 0.2) is 0 Å². The molecule has 16 heavy (non-hydrogen) atoms. The molecular formula is C13H17N3. The van der Waals surface area contributed by atoms with Gasteiger partial charge in [0, 0.05) is 12.4 Å². The maximum absolute atomic E-state index is 4.63. The number of hydrogen-bond donors (Lipinski definition) is 1. The van der Waals surface area contributed by atoms with E-state index >= 15 is 0 Å². The molecule has 0 saturated heterocycles. The van der Waals surface area contributed by atoms with Crippen LogP contribution in [0, 0.1) is 0 Å². The Morgan fingerprint density at radius 1 is 1.19 bits per heavy atom. The Morgan fingerprint density at radius 2 is 1.94 bits per heavy atom. The first-order valence-corrected chi connectivity index (χ1v) is 5.48. The molecule has 1 atom stereocenters. The predicted molar refractivity (Wildman–Crippen MR) is 68.7 cm³/mol. The second-order valence-electron chi connectivity index (χ2n) is 3.94. The minimum Gasteiger partial charge on any atom is -0.344 e. The molecule has 0 aliphatic carbocycles. The van der Waals surface area contributed by atoms with Crippen LogP contribution < -0.4 is 10.2 Å². The van der Waals surface area contributed by atoms with Gasteiger partial charge < -0.3 is 10.2 Å². The standard InChI is InChI=1S/C13H17N3/c1-10(14-2)16(3)13-9-8-11-6-4-5-7-12(11)15-13/h4-10,14H,1-3H3. The predicted octanol–water partition coefficient (Wildman–Crippen LogP) is 2.24. The summed E-state index contributed by atoms with van der Waals surface area (Å²) in [5.74, 6) is 0.987. The van der Waals surface area contributed by atoms with E-state index in [4.69, 9.17) is 0 Å². The first kappa shape index (κ1) is 10.9. The third kappa shape index (κ3) is 1.99. The van der Waals surface area contributed by atoms with E-state index in [2.05, 4.69) is 40.3 Å². The average Bonchev–Trinajstić information content (AvgIpc) is 2.36. The van der Waals surface area contributed by atoms with Gasteiger partial charge in [-0.3, -0.25) is 0 Å². The Morgan fingerprint density at radius 3 is 2.69 bits per heavy atom. The van der Waals surface area contributed by atoms with Crippen LogP contribution >= 0.6 is 0 Å². The van der Waals surface area contributed by atoms with Crippen molar-refractivity contribution in [2.24, 2.45) is 0 Å². The highest BCUT2D eigenvalue weighted by Crippen LogP contribution is 2.17. The fourth-order valence-electron chi connectivity index (χ4n) is 1.64. The summed E-state index contributed by atoms with van der Waals surface area (Å²) in [6.45, 7) is 2.11. The molecule has 1 heterocycles. The van der Waals surface area contributed by atoms with Gasteiger partial charge in [0.25, 0.3) is 0 Å². The molecule has 1 unspecified atom stereocenters. The van der Waals surface area contributed by atoms with Crippen LogP contribution in [0.1, 0.15) is 6.92 Å². The largest absolute Gasteiger partial charge is 0.344 e. The van der Waals surface area contributed by atoms with Crippen molar-refractivity contribution < 1.29 is 0 Å². The quantitative estimate of drug-likeness (QED) is 0.796. The van der Waals surface area contributed by atoms with E-state index in [9.17, 15) is 0 Å². The molecule has 2 aromatic rings. The lowest BCUT2D eigenvalue weighted by molar-refractivity contribution is 0.595. The van der Waals surface area contributed by atoms with E-state index in [0.717, 1.165) is 11.3 Å². The Hall–Kier alpha value is -1.61. The first-order valence-electron chi connectivity index (χ1n) is 5.48. The van der Waals surface area contributed by atoms with Gasteiger partial charge in [-0.25, -0.2) is 4.98 Å². The van der Waals surface area contributed by atoms with E-state index in [0.29, 0.717) is 0 Å². The number of aromatic nitrogens is 1. The maximum atomic E-state index is 4.63.